The van der Waals surface area contributed by atoms with Gasteiger partial charge in [0, 0.05) is 18.8 Å². The zero-order chi connectivity index (χ0) is 22.6. The monoisotopic (exact) mass is 466 g/mol. The van der Waals surface area contributed by atoms with Gasteiger partial charge in [0.15, 0.2) is 6.61 Å². The van der Waals surface area contributed by atoms with Gasteiger partial charge in [-0.1, -0.05) is 17.7 Å². The zero-order valence-electron chi connectivity index (χ0n) is 17.2. The van der Waals surface area contributed by atoms with Crippen LogP contribution in [0.5, 0.6) is 0 Å². The summed E-state index contributed by atoms with van der Waals surface area (Å²) in [6.07, 6.45) is 0. The van der Waals surface area contributed by atoms with E-state index in [0.29, 0.717) is 18.9 Å². The number of carbonyl (C=O) groups is 2. The van der Waals surface area contributed by atoms with Gasteiger partial charge in [-0.3, -0.25) is 4.79 Å². The van der Waals surface area contributed by atoms with E-state index < -0.39 is 28.5 Å². The van der Waals surface area contributed by atoms with Gasteiger partial charge in [0.05, 0.1) is 28.7 Å². The van der Waals surface area contributed by atoms with Gasteiger partial charge in [0.2, 0.25) is 10.0 Å². The largest absolute Gasteiger partial charge is 0.452 e. The molecular formula is C21H23ClN2O6S. The SMILES string of the molecule is Cc1ccc(NC(=O)COC(=O)c2cc(S(=O)(=O)N3CCOCC3)ccc2Cl)cc1C. The van der Waals surface area contributed by atoms with Crippen LogP contribution in [0.4, 0.5) is 5.69 Å². The van der Waals surface area contributed by atoms with Crippen LogP contribution in [0.25, 0.3) is 0 Å². The maximum atomic E-state index is 12.8. The lowest BCUT2D eigenvalue weighted by Gasteiger charge is -2.26. The van der Waals surface area contributed by atoms with Crippen LogP contribution in [0.2, 0.25) is 5.02 Å². The summed E-state index contributed by atoms with van der Waals surface area (Å²) in [6, 6.07) is 9.25. The number of nitrogens with one attached hydrogen (secondary N) is 1. The fourth-order valence-corrected chi connectivity index (χ4v) is 4.61. The molecule has 1 amide bonds. The van der Waals surface area contributed by atoms with Crippen molar-refractivity contribution in [2.75, 3.05) is 38.2 Å². The van der Waals surface area contributed by atoms with Crippen molar-refractivity contribution in [1.82, 2.24) is 4.31 Å². The first kappa shape index (κ1) is 23.2. The number of benzene rings is 2. The van der Waals surface area contributed by atoms with Crippen molar-refractivity contribution < 1.29 is 27.5 Å². The maximum Gasteiger partial charge on any atom is 0.340 e. The summed E-state index contributed by atoms with van der Waals surface area (Å²) in [7, 11) is -3.81. The lowest BCUT2D eigenvalue weighted by Crippen LogP contribution is -2.40. The number of carbonyl (C=O) groups excluding carboxylic acids is 2. The molecule has 0 bridgehead atoms. The Morgan fingerprint density at radius 3 is 2.48 bits per heavy atom. The molecule has 2 aromatic carbocycles. The number of rotatable bonds is 6. The first-order valence-corrected chi connectivity index (χ1v) is 11.4. The van der Waals surface area contributed by atoms with Crippen molar-refractivity contribution in [1.29, 1.82) is 0 Å². The number of morpholine rings is 1. The number of sulfonamides is 1. The van der Waals surface area contributed by atoms with Gasteiger partial charge in [-0.25, -0.2) is 13.2 Å². The summed E-state index contributed by atoms with van der Waals surface area (Å²) in [5, 5.41) is 2.67. The Morgan fingerprint density at radius 2 is 1.81 bits per heavy atom. The first-order valence-electron chi connectivity index (χ1n) is 9.60. The van der Waals surface area contributed by atoms with Crippen LogP contribution >= 0.6 is 11.6 Å². The smallest absolute Gasteiger partial charge is 0.340 e. The van der Waals surface area contributed by atoms with Gasteiger partial charge >= 0.3 is 5.97 Å². The highest BCUT2D eigenvalue weighted by molar-refractivity contribution is 7.89. The average Bonchev–Trinajstić information content (AvgIpc) is 2.75. The molecule has 8 nitrogen and oxygen atoms in total. The van der Waals surface area contributed by atoms with Gasteiger partial charge in [0.1, 0.15) is 0 Å². The number of ether oxygens (including phenoxy) is 2. The van der Waals surface area contributed by atoms with E-state index in [0.717, 1.165) is 17.2 Å². The molecule has 3 rings (SSSR count). The van der Waals surface area contributed by atoms with Gasteiger partial charge in [-0.2, -0.15) is 4.31 Å². The summed E-state index contributed by atoms with van der Waals surface area (Å²) in [5.41, 5.74) is 2.56. The van der Waals surface area contributed by atoms with Crippen LogP contribution < -0.4 is 5.32 Å². The predicted molar refractivity (Wildman–Crippen MR) is 116 cm³/mol. The quantitative estimate of drug-likeness (QED) is 0.657. The van der Waals surface area contributed by atoms with Crippen LogP contribution in [0.15, 0.2) is 41.3 Å². The van der Waals surface area contributed by atoms with E-state index in [-0.39, 0.29) is 28.6 Å². The number of esters is 1. The summed E-state index contributed by atoms with van der Waals surface area (Å²) in [4.78, 5) is 24.5. The van der Waals surface area contributed by atoms with Gasteiger partial charge in [-0.15, -0.1) is 0 Å². The molecule has 0 atom stereocenters. The third-order valence-electron chi connectivity index (χ3n) is 4.89. The minimum atomic E-state index is -3.81. The minimum Gasteiger partial charge on any atom is -0.452 e. The topological polar surface area (TPSA) is 102 Å². The van der Waals surface area contributed by atoms with E-state index in [9.17, 15) is 18.0 Å². The number of hydrogen-bond acceptors (Lipinski definition) is 6. The lowest BCUT2D eigenvalue weighted by molar-refractivity contribution is -0.119. The van der Waals surface area contributed by atoms with Crippen molar-refractivity contribution in [2.45, 2.75) is 18.7 Å². The molecule has 31 heavy (non-hydrogen) atoms. The molecule has 1 fully saturated rings. The Bertz CT molecular complexity index is 1100. The Balaban J connectivity index is 1.67. The molecule has 1 saturated heterocycles. The van der Waals surface area contributed by atoms with Gasteiger partial charge in [-0.05, 0) is 55.3 Å². The van der Waals surface area contributed by atoms with Gasteiger partial charge < -0.3 is 14.8 Å². The molecule has 1 N–H and O–H groups in total. The summed E-state index contributed by atoms with van der Waals surface area (Å²) < 4.78 is 37.1. The second kappa shape index (κ2) is 9.78. The Kier molecular flexibility index (Phi) is 7.32. The molecule has 0 aromatic heterocycles. The van der Waals surface area contributed by atoms with E-state index in [4.69, 9.17) is 21.1 Å². The summed E-state index contributed by atoms with van der Waals surface area (Å²) >= 11 is 6.07. The highest BCUT2D eigenvalue weighted by Crippen LogP contribution is 2.24. The Morgan fingerprint density at radius 1 is 1.10 bits per heavy atom. The second-order valence-electron chi connectivity index (χ2n) is 7.08. The standard InChI is InChI=1S/C21H23ClN2O6S/c1-14-3-4-16(11-15(14)2)23-20(25)13-30-21(26)18-12-17(5-6-19(18)22)31(27,28)24-7-9-29-10-8-24/h3-6,11-12H,7-10,13H2,1-2H3,(H,23,25). The first-order chi connectivity index (χ1) is 14.7. The van der Waals surface area contributed by atoms with Crippen molar-refractivity contribution in [3.8, 4) is 0 Å². The number of hydrogen-bond donors (Lipinski definition) is 1. The van der Waals surface area contributed by atoms with E-state index in [2.05, 4.69) is 5.32 Å². The molecule has 1 heterocycles. The van der Waals surface area contributed by atoms with Crippen LogP contribution in [0, 0.1) is 13.8 Å². The van der Waals surface area contributed by atoms with Crippen LogP contribution in [-0.2, 0) is 24.3 Å². The third-order valence-corrected chi connectivity index (χ3v) is 7.11. The fraction of sp³-hybridized carbons (Fsp3) is 0.333. The molecule has 0 aliphatic carbocycles. The predicted octanol–water partition coefficient (Wildman–Crippen LogP) is 2.77. The summed E-state index contributed by atoms with van der Waals surface area (Å²) in [6.45, 7) is 4.40. The fourth-order valence-electron chi connectivity index (χ4n) is 2.98. The molecule has 0 saturated carbocycles. The molecule has 166 valence electrons. The van der Waals surface area contributed by atoms with E-state index in [1.54, 1.807) is 6.07 Å². The van der Waals surface area contributed by atoms with Gasteiger partial charge in [0.25, 0.3) is 5.91 Å². The maximum absolute atomic E-state index is 12.8. The van der Waals surface area contributed by atoms with Crippen LogP contribution in [0.1, 0.15) is 21.5 Å². The molecule has 0 radical (unpaired) electrons. The minimum absolute atomic E-state index is 0.0282. The number of nitrogens with zero attached hydrogens (tertiary/aromatic N) is 1. The van der Waals surface area contributed by atoms with Crippen molar-refractivity contribution in [3.05, 3.63) is 58.1 Å². The molecule has 0 spiro atoms. The molecule has 10 heteroatoms. The highest BCUT2D eigenvalue weighted by Gasteiger charge is 2.28. The highest BCUT2D eigenvalue weighted by atomic mass is 35.5. The number of amides is 1. The normalized spacial score (nSPS) is 14.8. The number of anilines is 1. The van der Waals surface area contributed by atoms with E-state index in [1.807, 2.05) is 26.0 Å². The number of aryl methyl sites for hydroxylation is 2. The van der Waals surface area contributed by atoms with Crippen LogP contribution in [0.3, 0.4) is 0 Å². The molecular weight excluding hydrogens is 444 g/mol. The van der Waals surface area contributed by atoms with E-state index >= 15 is 0 Å². The van der Waals surface area contributed by atoms with E-state index in [1.165, 1.54) is 16.4 Å². The van der Waals surface area contributed by atoms with Crippen molar-refractivity contribution in [2.24, 2.45) is 0 Å². The van der Waals surface area contributed by atoms with Crippen molar-refractivity contribution >= 4 is 39.2 Å². The lowest BCUT2D eigenvalue weighted by atomic mass is 10.1. The molecule has 1 aliphatic heterocycles. The Hall–Kier alpha value is -2.46. The van der Waals surface area contributed by atoms with Crippen LogP contribution in [-0.4, -0.2) is 57.5 Å². The molecule has 1 aliphatic rings. The molecule has 2 aromatic rings. The zero-order valence-corrected chi connectivity index (χ0v) is 18.8. The molecule has 0 unspecified atom stereocenters. The third kappa shape index (κ3) is 5.62. The average molecular weight is 467 g/mol. The number of halogens is 1. The summed E-state index contributed by atoms with van der Waals surface area (Å²) in [5.74, 6) is -1.41. The second-order valence-corrected chi connectivity index (χ2v) is 9.43. The van der Waals surface area contributed by atoms with Crippen molar-refractivity contribution in [3.63, 3.8) is 0 Å². The Labute approximate surface area is 186 Å².